The zero-order chi connectivity index (χ0) is 13.4. The first-order valence-electron chi connectivity index (χ1n) is 6.95. The lowest BCUT2D eigenvalue weighted by Crippen LogP contribution is -2.50. The number of carbonyl (C=O) groups is 2. The van der Waals surface area contributed by atoms with Crippen molar-refractivity contribution in [1.82, 2.24) is 4.90 Å². The lowest BCUT2D eigenvalue weighted by Gasteiger charge is -2.33. The summed E-state index contributed by atoms with van der Waals surface area (Å²) in [6.07, 6.45) is 7.18. The second kappa shape index (κ2) is 8.08. The number of carbonyl (C=O) groups excluding carboxylic acids is 2. The SMILES string of the molecule is NCCCCCCC(=O)N1CCCCC1C(N)=O. The molecule has 18 heavy (non-hydrogen) atoms. The highest BCUT2D eigenvalue weighted by Gasteiger charge is 2.29. The van der Waals surface area contributed by atoms with Gasteiger partial charge in [0.2, 0.25) is 11.8 Å². The summed E-state index contributed by atoms with van der Waals surface area (Å²) in [5.41, 5.74) is 10.8. The second-order valence-corrected chi connectivity index (χ2v) is 4.95. The van der Waals surface area contributed by atoms with Crippen molar-refractivity contribution >= 4 is 11.8 Å². The topological polar surface area (TPSA) is 89.4 Å². The van der Waals surface area contributed by atoms with Crippen LogP contribution in [-0.4, -0.2) is 35.8 Å². The fourth-order valence-electron chi connectivity index (χ4n) is 2.44. The van der Waals surface area contributed by atoms with Crippen LogP contribution in [0.4, 0.5) is 0 Å². The zero-order valence-electron chi connectivity index (χ0n) is 11.1. The highest BCUT2D eigenvalue weighted by atomic mass is 16.2. The van der Waals surface area contributed by atoms with Crippen LogP contribution in [0.5, 0.6) is 0 Å². The smallest absolute Gasteiger partial charge is 0.240 e. The number of likely N-dealkylation sites (tertiary alicyclic amines) is 1. The van der Waals surface area contributed by atoms with Crippen molar-refractivity contribution in [2.24, 2.45) is 11.5 Å². The van der Waals surface area contributed by atoms with Crippen LogP contribution in [0.25, 0.3) is 0 Å². The minimum atomic E-state index is -0.379. The lowest BCUT2D eigenvalue weighted by molar-refractivity contribution is -0.141. The maximum atomic E-state index is 12.0. The maximum absolute atomic E-state index is 12.0. The molecule has 104 valence electrons. The van der Waals surface area contributed by atoms with Crippen LogP contribution < -0.4 is 11.5 Å². The molecule has 1 atom stereocenters. The first kappa shape index (κ1) is 15.0. The molecule has 1 fully saturated rings. The molecule has 0 aromatic carbocycles. The van der Waals surface area contributed by atoms with Gasteiger partial charge in [0, 0.05) is 13.0 Å². The Morgan fingerprint density at radius 3 is 2.50 bits per heavy atom. The molecular formula is C13H25N3O2. The molecule has 0 radical (unpaired) electrons. The van der Waals surface area contributed by atoms with Gasteiger partial charge in [-0.2, -0.15) is 0 Å². The van der Waals surface area contributed by atoms with Gasteiger partial charge in [-0.05, 0) is 38.6 Å². The van der Waals surface area contributed by atoms with Crippen LogP contribution in [-0.2, 0) is 9.59 Å². The molecule has 5 nitrogen and oxygen atoms in total. The van der Waals surface area contributed by atoms with E-state index in [0.717, 1.165) is 38.5 Å². The van der Waals surface area contributed by atoms with Crippen LogP contribution in [0.2, 0.25) is 0 Å². The zero-order valence-corrected chi connectivity index (χ0v) is 11.1. The van der Waals surface area contributed by atoms with E-state index in [1.165, 1.54) is 0 Å². The third-order valence-electron chi connectivity index (χ3n) is 3.50. The summed E-state index contributed by atoms with van der Waals surface area (Å²) in [6.45, 7) is 1.39. The molecule has 0 aliphatic carbocycles. The Hall–Kier alpha value is -1.10. The van der Waals surface area contributed by atoms with Gasteiger partial charge < -0.3 is 16.4 Å². The number of primary amides is 1. The molecule has 0 aromatic heterocycles. The van der Waals surface area contributed by atoms with Crippen LogP contribution >= 0.6 is 0 Å². The van der Waals surface area contributed by atoms with Crippen molar-refractivity contribution in [2.75, 3.05) is 13.1 Å². The van der Waals surface area contributed by atoms with Crippen LogP contribution in [0.3, 0.4) is 0 Å². The molecule has 5 heteroatoms. The predicted octanol–water partition coefficient (Wildman–Crippen LogP) is 0.762. The Bertz CT molecular complexity index is 281. The second-order valence-electron chi connectivity index (χ2n) is 4.95. The molecule has 0 bridgehead atoms. The minimum absolute atomic E-state index is 0.0752. The Morgan fingerprint density at radius 2 is 1.83 bits per heavy atom. The number of amides is 2. The van der Waals surface area contributed by atoms with E-state index in [2.05, 4.69) is 0 Å². The fourth-order valence-corrected chi connectivity index (χ4v) is 2.44. The van der Waals surface area contributed by atoms with E-state index < -0.39 is 0 Å². The molecule has 1 aliphatic heterocycles. The molecule has 1 rings (SSSR count). The standard InChI is InChI=1S/C13H25N3O2/c14-9-5-2-1-3-8-12(17)16-10-6-4-7-11(16)13(15)18/h11H,1-10,14H2,(H2,15,18). The van der Waals surface area contributed by atoms with Gasteiger partial charge in [-0.3, -0.25) is 9.59 Å². The molecule has 0 aromatic rings. The third-order valence-corrected chi connectivity index (χ3v) is 3.50. The quantitative estimate of drug-likeness (QED) is 0.658. The minimum Gasteiger partial charge on any atom is -0.368 e. The highest BCUT2D eigenvalue weighted by molar-refractivity contribution is 5.86. The molecule has 1 heterocycles. The van der Waals surface area contributed by atoms with E-state index in [4.69, 9.17) is 11.5 Å². The van der Waals surface area contributed by atoms with Gasteiger partial charge in [0.05, 0.1) is 0 Å². The van der Waals surface area contributed by atoms with Crippen molar-refractivity contribution in [3.05, 3.63) is 0 Å². The van der Waals surface area contributed by atoms with Gasteiger partial charge in [-0.15, -0.1) is 0 Å². The summed E-state index contributed by atoms with van der Waals surface area (Å²) in [5, 5.41) is 0. The summed E-state index contributed by atoms with van der Waals surface area (Å²) in [5.74, 6) is -0.294. The van der Waals surface area contributed by atoms with Crippen molar-refractivity contribution in [3.8, 4) is 0 Å². The first-order valence-corrected chi connectivity index (χ1v) is 6.95. The number of piperidine rings is 1. The van der Waals surface area contributed by atoms with Gasteiger partial charge in [0.15, 0.2) is 0 Å². The molecule has 1 unspecified atom stereocenters. The Balaban J connectivity index is 2.32. The van der Waals surface area contributed by atoms with Crippen LogP contribution in [0, 0.1) is 0 Å². The monoisotopic (exact) mass is 255 g/mol. The van der Waals surface area contributed by atoms with Gasteiger partial charge in [0.1, 0.15) is 6.04 Å². The molecule has 0 spiro atoms. The highest BCUT2D eigenvalue weighted by Crippen LogP contribution is 2.18. The van der Waals surface area contributed by atoms with E-state index >= 15 is 0 Å². The molecule has 1 aliphatic rings. The van der Waals surface area contributed by atoms with Gasteiger partial charge in [0.25, 0.3) is 0 Å². The number of hydrogen-bond donors (Lipinski definition) is 2. The lowest BCUT2D eigenvalue weighted by atomic mass is 10.0. The molecule has 1 saturated heterocycles. The van der Waals surface area contributed by atoms with Crippen LogP contribution in [0.15, 0.2) is 0 Å². The Morgan fingerprint density at radius 1 is 1.11 bits per heavy atom. The number of nitrogens with zero attached hydrogens (tertiary/aromatic N) is 1. The third kappa shape index (κ3) is 4.64. The number of unbranched alkanes of at least 4 members (excludes halogenated alkanes) is 3. The number of hydrogen-bond acceptors (Lipinski definition) is 3. The average molecular weight is 255 g/mol. The van der Waals surface area contributed by atoms with E-state index in [-0.39, 0.29) is 17.9 Å². The maximum Gasteiger partial charge on any atom is 0.240 e. The fraction of sp³-hybridized carbons (Fsp3) is 0.846. The normalized spacial score (nSPS) is 19.8. The molecule has 4 N–H and O–H groups in total. The van der Waals surface area contributed by atoms with Crippen molar-refractivity contribution in [3.63, 3.8) is 0 Å². The summed E-state index contributed by atoms with van der Waals surface area (Å²) >= 11 is 0. The summed E-state index contributed by atoms with van der Waals surface area (Å²) < 4.78 is 0. The van der Waals surface area contributed by atoms with Crippen molar-refractivity contribution in [1.29, 1.82) is 0 Å². The van der Waals surface area contributed by atoms with Gasteiger partial charge in [-0.25, -0.2) is 0 Å². The first-order chi connectivity index (χ1) is 8.66. The summed E-state index contributed by atoms with van der Waals surface area (Å²) in [6, 6.07) is -0.379. The Labute approximate surface area is 109 Å². The summed E-state index contributed by atoms with van der Waals surface area (Å²) in [4.78, 5) is 25.0. The van der Waals surface area contributed by atoms with Gasteiger partial charge in [-0.1, -0.05) is 12.8 Å². The van der Waals surface area contributed by atoms with E-state index in [1.807, 2.05) is 0 Å². The van der Waals surface area contributed by atoms with Crippen LogP contribution in [0.1, 0.15) is 51.4 Å². The average Bonchev–Trinajstić information content (AvgIpc) is 2.38. The van der Waals surface area contributed by atoms with E-state index in [9.17, 15) is 9.59 Å². The van der Waals surface area contributed by atoms with E-state index in [1.54, 1.807) is 4.90 Å². The molecule has 0 saturated carbocycles. The summed E-state index contributed by atoms with van der Waals surface area (Å²) in [7, 11) is 0. The predicted molar refractivity (Wildman–Crippen MR) is 70.7 cm³/mol. The number of rotatable bonds is 7. The molecular weight excluding hydrogens is 230 g/mol. The number of nitrogens with two attached hydrogens (primary N) is 2. The largest absolute Gasteiger partial charge is 0.368 e. The van der Waals surface area contributed by atoms with E-state index in [0.29, 0.717) is 25.9 Å². The Kier molecular flexibility index (Phi) is 6.72. The van der Waals surface area contributed by atoms with Gasteiger partial charge >= 0.3 is 0 Å². The van der Waals surface area contributed by atoms with Crippen molar-refractivity contribution < 1.29 is 9.59 Å². The van der Waals surface area contributed by atoms with Crippen molar-refractivity contribution in [2.45, 2.75) is 57.4 Å². The molecule has 2 amide bonds.